The van der Waals surface area contributed by atoms with E-state index in [4.69, 9.17) is 9.15 Å². The first kappa shape index (κ1) is 20.0. The van der Waals surface area contributed by atoms with Crippen molar-refractivity contribution < 1.29 is 13.9 Å². The fourth-order valence-corrected chi connectivity index (χ4v) is 4.02. The fourth-order valence-electron chi connectivity index (χ4n) is 3.37. The van der Waals surface area contributed by atoms with Crippen molar-refractivity contribution in [3.05, 3.63) is 89.9 Å². The summed E-state index contributed by atoms with van der Waals surface area (Å²) in [7, 11) is 0. The van der Waals surface area contributed by atoms with Crippen molar-refractivity contribution in [3.63, 3.8) is 0 Å². The van der Waals surface area contributed by atoms with Gasteiger partial charge < -0.3 is 19.0 Å². The summed E-state index contributed by atoms with van der Waals surface area (Å²) < 4.78 is 13.3. The van der Waals surface area contributed by atoms with Crippen LogP contribution in [0.1, 0.15) is 11.5 Å². The van der Waals surface area contributed by atoms with Gasteiger partial charge in [0.05, 0.1) is 28.1 Å². The molecule has 5 aromatic rings. The van der Waals surface area contributed by atoms with Gasteiger partial charge in [0.1, 0.15) is 31.0 Å². The molecule has 0 radical (unpaired) electrons. The highest BCUT2D eigenvalue weighted by atomic mass is 32.1. The molecule has 0 spiro atoms. The predicted molar refractivity (Wildman–Crippen MR) is 122 cm³/mol. The van der Waals surface area contributed by atoms with E-state index >= 15 is 0 Å². The molecule has 160 valence electrons. The highest BCUT2D eigenvalue weighted by Gasteiger charge is 2.15. The van der Waals surface area contributed by atoms with Crippen LogP contribution in [-0.2, 0) is 24.5 Å². The lowest BCUT2D eigenvalue weighted by Gasteiger charge is -2.10. The van der Waals surface area contributed by atoms with Crippen LogP contribution in [0.3, 0.4) is 0 Å². The van der Waals surface area contributed by atoms with Gasteiger partial charge in [-0.25, -0.2) is 9.97 Å². The van der Waals surface area contributed by atoms with Gasteiger partial charge in [0.2, 0.25) is 11.8 Å². The molecule has 3 aromatic heterocycles. The van der Waals surface area contributed by atoms with E-state index in [1.807, 2.05) is 76.7 Å². The number of oxazole rings is 1. The number of imidazole rings is 1. The lowest BCUT2D eigenvalue weighted by atomic mass is 10.3. The quantitative estimate of drug-likeness (QED) is 0.377. The summed E-state index contributed by atoms with van der Waals surface area (Å²) in [5.41, 5.74) is 2.38. The third kappa shape index (κ3) is 4.40. The number of rotatable bonds is 8. The van der Waals surface area contributed by atoms with E-state index < -0.39 is 0 Å². The Balaban J connectivity index is 1.28. The largest absolute Gasteiger partial charge is 0.486 e. The number of ether oxygens (including phenoxy) is 1. The average Bonchev–Trinajstić information content (AvgIpc) is 3.57. The maximum Gasteiger partial charge on any atom is 0.240 e. The van der Waals surface area contributed by atoms with Crippen LogP contribution in [0.5, 0.6) is 5.75 Å². The van der Waals surface area contributed by atoms with E-state index in [9.17, 15) is 4.79 Å². The molecule has 0 aliphatic rings. The Kier molecular flexibility index (Phi) is 5.67. The number of amides is 1. The van der Waals surface area contributed by atoms with Crippen LogP contribution in [0.15, 0.2) is 82.8 Å². The molecule has 2 aromatic carbocycles. The van der Waals surface area contributed by atoms with E-state index in [0.717, 1.165) is 21.7 Å². The Hall–Kier alpha value is -3.91. The molecule has 5 rings (SSSR count). The summed E-state index contributed by atoms with van der Waals surface area (Å²) in [6.45, 7) is 0.680. The summed E-state index contributed by atoms with van der Waals surface area (Å²) >= 11 is 1.56. The number of carbonyl (C=O) groups excluding carboxylic acids is 1. The summed E-state index contributed by atoms with van der Waals surface area (Å²) in [4.78, 5) is 22.8. The van der Waals surface area contributed by atoms with Crippen LogP contribution in [-0.4, -0.2) is 20.4 Å². The van der Waals surface area contributed by atoms with E-state index in [1.165, 1.54) is 0 Å². The zero-order valence-corrected chi connectivity index (χ0v) is 17.9. The molecule has 0 fully saturated rings. The van der Waals surface area contributed by atoms with Crippen molar-refractivity contribution in [2.75, 3.05) is 0 Å². The van der Waals surface area contributed by atoms with Crippen LogP contribution in [0.25, 0.3) is 21.8 Å². The number of hydrogen-bond acceptors (Lipinski definition) is 6. The molecular formula is C24H20N4O3S. The minimum atomic E-state index is -0.144. The second kappa shape index (κ2) is 9.07. The summed E-state index contributed by atoms with van der Waals surface area (Å²) in [5.74, 6) is 1.86. The maximum atomic E-state index is 12.7. The molecular weight excluding hydrogens is 424 g/mol. The van der Waals surface area contributed by atoms with Gasteiger partial charge in [-0.15, -0.1) is 11.3 Å². The van der Waals surface area contributed by atoms with Crippen molar-refractivity contribution in [2.24, 2.45) is 0 Å². The Morgan fingerprint density at radius 2 is 1.88 bits per heavy atom. The normalized spacial score (nSPS) is 11.0. The molecule has 0 atom stereocenters. The van der Waals surface area contributed by atoms with Crippen molar-refractivity contribution in [1.82, 2.24) is 19.9 Å². The van der Waals surface area contributed by atoms with Crippen molar-refractivity contribution in [1.29, 1.82) is 0 Å². The van der Waals surface area contributed by atoms with E-state index in [0.29, 0.717) is 17.4 Å². The molecule has 1 amide bonds. The third-order valence-corrected chi connectivity index (χ3v) is 5.75. The van der Waals surface area contributed by atoms with Crippen molar-refractivity contribution in [2.45, 2.75) is 19.7 Å². The molecule has 8 heteroatoms. The first-order valence-corrected chi connectivity index (χ1v) is 11.0. The van der Waals surface area contributed by atoms with E-state index in [2.05, 4.69) is 15.3 Å². The van der Waals surface area contributed by atoms with Crippen molar-refractivity contribution in [3.8, 4) is 16.5 Å². The summed E-state index contributed by atoms with van der Waals surface area (Å²) in [5, 5.41) is 4.88. The van der Waals surface area contributed by atoms with Gasteiger partial charge >= 0.3 is 0 Å². The highest BCUT2D eigenvalue weighted by Crippen LogP contribution is 2.23. The Labute approximate surface area is 188 Å². The Morgan fingerprint density at radius 1 is 1.03 bits per heavy atom. The number of benzene rings is 2. The number of hydrogen-bond donors (Lipinski definition) is 1. The summed E-state index contributed by atoms with van der Waals surface area (Å²) in [6, 6.07) is 21.2. The van der Waals surface area contributed by atoms with Crippen molar-refractivity contribution >= 4 is 28.3 Å². The van der Waals surface area contributed by atoms with Gasteiger partial charge in [-0.1, -0.05) is 36.4 Å². The molecule has 0 unspecified atom stereocenters. The van der Waals surface area contributed by atoms with Crippen LogP contribution < -0.4 is 10.1 Å². The standard InChI is InChI=1S/C24H20N4O3S/c29-23(25-13-17-15-31-24(26-17)21-11-6-12-32-21)14-28-20-10-5-4-9-19(20)27-22(28)16-30-18-7-2-1-3-8-18/h1-12,15H,13-14,16H2,(H,25,29). The number of aromatic nitrogens is 3. The molecule has 1 N–H and O–H groups in total. The second-order valence-electron chi connectivity index (χ2n) is 7.10. The van der Waals surface area contributed by atoms with Gasteiger partial charge in [-0.3, -0.25) is 4.79 Å². The molecule has 0 bridgehead atoms. The van der Waals surface area contributed by atoms with Crippen LogP contribution in [0.4, 0.5) is 0 Å². The fraction of sp³-hybridized carbons (Fsp3) is 0.125. The highest BCUT2D eigenvalue weighted by molar-refractivity contribution is 7.13. The number of thiophene rings is 1. The van der Waals surface area contributed by atoms with Gasteiger partial charge in [-0.2, -0.15) is 0 Å². The monoisotopic (exact) mass is 444 g/mol. The minimum Gasteiger partial charge on any atom is -0.486 e. The molecule has 32 heavy (non-hydrogen) atoms. The Bertz CT molecular complexity index is 1330. The zero-order chi connectivity index (χ0) is 21.8. The number of fused-ring (bicyclic) bond motifs is 1. The molecule has 3 heterocycles. The van der Waals surface area contributed by atoms with Gasteiger partial charge in [0.25, 0.3) is 0 Å². The smallest absolute Gasteiger partial charge is 0.240 e. The Morgan fingerprint density at radius 3 is 2.72 bits per heavy atom. The first-order valence-electron chi connectivity index (χ1n) is 10.1. The topological polar surface area (TPSA) is 82.2 Å². The maximum absolute atomic E-state index is 12.7. The van der Waals surface area contributed by atoms with Crippen LogP contribution in [0.2, 0.25) is 0 Å². The SMILES string of the molecule is O=C(Cn1c(COc2ccccc2)nc2ccccc21)NCc1coc(-c2cccs2)n1. The molecule has 0 aliphatic heterocycles. The molecule has 0 saturated heterocycles. The zero-order valence-electron chi connectivity index (χ0n) is 17.1. The number of nitrogens with one attached hydrogen (secondary N) is 1. The number of para-hydroxylation sites is 3. The van der Waals surface area contributed by atoms with E-state index in [1.54, 1.807) is 17.6 Å². The molecule has 7 nitrogen and oxygen atoms in total. The minimum absolute atomic E-state index is 0.129. The second-order valence-corrected chi connectivity index (χ2v) is 8.05. The lowest BCUT2D eigenvalue weighted by Crippen LogP contribution is -2.28. The third-order valence-electron chi connectivity index (χ3n) is 4.90. The predicted octanol–water partition coefficient (Wildman–Crippen LogP) is 4.65. The van der Waals surface area contributed by atoms with Crippen LogP contribution >= 0.6 is 11.3 Å². The molecule has 0 saturated carbocycles. The van der Waals surface area contributed by atoms with E-state index in [-0.39, 0.29) is 25.6 Å². The van der Waals surface area contributed by atoms with Gasteiger partial charge in [-0.05, 0) is 35.7 Å². The molecule has 0 aliphatic carbocycles. The number of nitrogens with zero attached hydrogens (tertiary/aromatic N) is 3. The average molecular weight is 445 g/mol. The first-order chi connectivity index (χ1) is 15.8. The lowest BCUT2D eigenvalue weighted by molar-refractivity contribution is -0.121. The number of carbonyl (C=O) groups is 1. The van der Waals surface area contributed by atoms with Gasteiger partial charge in [0, 0.05) is 0 Å². The van der Waals surface area contributed by atoms with Crippen LogP contribution in [0, 0.1) is 0 Å². The van der Waals surface area contributed by atoms with Gasteiger partial charge in [0.15, 0.2) is 0 Å². The summed E-state index contributed by atoms with van der Waals surface area (Å²) in [6.07, 6.45) is 1.57.